The van der Waals surface area contributed by atoms with E-state index in [0.717, 1.165) is 11.1 Å². The minimum Gasteiger partial charge on any atom is -0.370 e. The van der Waals surface area contributed by atoms with E-state index < -0.39 is 5.54 Å². The highest BCUT2D eigenvalue weighted by molar-refractivity contribution is 7.17. The van der Waals surface area contributed by atoms with Crippen LogP contribution in [0.3, 0.4) is 0 Å². The molecule has 1 aromatic carbocycles. The maximum Gasteiger partial charge on any atom is 0.191 e. The van der Waals surface area contributed by atoms with Crippen LogP contribution in [0.15, 0.2) is 72.1 Å². The summed E-state index contributed by atoms with van der Waals surface area (Å²) in [6.07, 6.45) is 10.6. The second kappa shape index (κ2) is 8.87. The van der Waals surface area contributed by atoms with E-state index in [1.54, 1.807) is 11.3 Å². The predicted octanol–water partition coefficient (Wildman–Crippen LogP) is 5.71. The van der Waals surface area contributed by atoms with Gasteiger partial charge in [-0.3, -0.25) is 0 Å². The van der Waals surface area contributed by atoms with Crippen LogP contribution in [-0.4, -0.2) is 25.0 Å². The molecular weight excluding hydrogens is 350 g/mol. The van der Waals surface area contributed by atoms with E-state index in [4.69, 9.17) is 10.7 Å². The first-order chi connectivity index (χ1) is 12.9. The Kier molecular flexibility index (Phi) is 6.81. The Morgan fingerprint density at radius 2 is 2.07 bits per heavy atom. The van der Waals surface area contributed by atoms with Gasteiger partial charge in [-0.2, -0.15) is 0 Å². The molecule has 0 radical (unpaired) electrons. The average Bonchev–Trinajstić information content (AvgIpc) is 3.05. The highest BCUT2D eigenvalue weighted by Crippen LogP contribution is 2.37. The van der Waals surface area contributed by atoms with E-state index in [1.807, 2.05) is 50.2 Å². The third-order valence-electron chi connectivity index (χ3n) is 4.56. The van der Waals surface area contributed by atoms with Crippen LogP contribution in [0.1, 0.15) is 31.4 Å². The standard InChI is InChI=1S/C23H29N3S/c1-7-10-11-17(9-3)20-16-27-21-13-12-18(15-19(20)21)23(4,14-8-2)25-22(24)26(5)6/h7-13,15-16H,2-3,14H2,1,4-6H3,(H2,24,25)/b10-7-,17-11+/t23-/m0/s1. The molecule has 0 bridgehead atoms. The zero-order chi connectivity index (χ0) is 20.0. The Hall–Kier alpha value is -2.59. The van der Waals surface area contributed by atoms with Gasteiger partial charge in [0.15, 0.2) is 5.96 Å². The molecule has 0 amide bonds. The van der Waals surface area contributed by atoms with Crippen LogP contribution < -0.4 is 5.73 Å². The van der Waals surface area contributed by atoms with Crippen molar-refractivity contribution in [1.29, 1.82) is 0 Å². The van der Waals surface area contributed by atoms with Gasteiger partial charge in [-0.25, -0.2) is 4.99 Å². The number of allylic oxidation sites excluding steroid dienone is 5. The number of nitrogens with two attached hydrogens (primary N) is 1. The molecule has 1 heterocycles. The van der Waals surface area contributed by atoms with E-state index >= 15 is 0 Å². The van der Waals surface area contributed by atoms with Gasteiger partial charge in [0.2, 0.25) is 0 Å². The first kappa shape index (κ1) is 20.7. The van der Waals surface area contributed by atoms with Crippen LogP contribution in [0.5, 0.6) is 0 Å². The molecule has 27 heavy (non-hydrogen) atoms. The maximum atomic E-state index is 6.13. The molecule has 0 saturated heterocycles. The molecule has 3 nitrogen and oxygen atoms in total. The molecule has 142 valence electrons. The Balaban J connectivity index is 2.65. The minimum absolute atomic E-state index is 0.467. The van der Waals surface area contributed by atoms with Gasteiger partial charge in [-0.05, 0) is 48.9 Å². The summed E-state index contributed by atoms with van der Waals surface area (Å²) in [6, 6.07) is 6.53. The molecule has 0 fully saturated rings. The number of hydrogen-bond donors (Lipinski definition) is 1. The van der Waals surface area contributed by atoms with E-state index in [2.05, 4.69) is 49.7 Å². The van der Waals surface area contributed by atoms with Crippen molar-refractivity contribution in [3.05, 3.63) is 78.2 Å². The minimum atomic E-state index is -0.467. The first-order valence-electron chi connectivity index (χ1n) is 8.97. The van der Waals surface area contributed by atoms with Crippen molar-refractivity contribution in [2.45, 2.75) is 25.8 Å². The largest absolute Gasteiger partial charge is 0.370 e. The Morgan fingerprint density at radius 1 is 1.33 bits per heavy atom. The SMILES string of the molecule is C=CC[C@](C)(N=C(N)N(C)C)c1ccc2scc(/C(C=C)=C/C=C\C)c2c1. The number of guanidine groups is 1. The fourth-order valence-corrected chi connectivity index (χ4v) is 3.87. The van der Waals surface area contributed by atoms with Gasteiger partial charge >= 0.3 is 0 Å². The van der Waals surface area contributed by atoms with Crippen molar-refractivity contribution in [3.63, 3.8) is 0 Å². The van der Waals surface area contributed by atoms with Crippen molar-refractivity contribution in [1.82, 2.24) is 4.90 Å². The van der Waals surface area contributed by atoms with E-state index in [1.165, 1.54) is 15.6 Å². The molecule has 2 aromatic rings. The summed E-state index contributed by atoms with van der Waals surface area (Å²) in [5.74, 6) is 0.504. The number of thiophene rings is 1. The normalized spacial score (nSPS) is 15.1. The average molecular weight is 380 g/mol. The van der Waals surface area contributed by atoms with Gasteiger partial charge in [0.1, 0.15) is 0 Å². The first-order valence-corrected chi connectivity index (χ1v) is 9.85. The molecule has 1 aromatic heterocycles. The Bertz CT molecular complexity index is 915. The summed E-state index contributed by atoms with van der Waals surface area (Å²) in [5, 5.41) is 3.40. The van der Waals surface area contributed by atoms with Gasteiger partial charge in [-0.1, -0.05) is 43.0 Å². The summed E-state index contributed by atoms with van der Waals surface area (Å²) in [6.45, 7) is 12.0. The number of aliphatic imine (C=N–C) groups is 1. The maximum absolute atomic E-state index is 6.13. The van der Waals surface area contributed by atoms with Crippen molar-refractivity contribution >= 4 is 33.0 Å². The highest BCUT2D eigenvalue weighted by Gasteiger charge is 2.26. The summed E-state index contributed by atoms with van der Waals surface area (Å²) in [4.78, 5) is 6.63. The quantitative estimate of drug-likeness (QED) is 0.289. The third-order valence-corrected chi connectivity index (χ3v) is 5.52. The molecule has 0 unspecified atom stereocenters. The smallest absolute Gasteiger partial charge is 0.191 e. The molecule has 1 atom stereocenters. The number of nitrogens with zero attached hydrogens (tertiary/aromatic N) is 2. The lowest BCUT2D eigenvalue weighted by Gasteiger charge is -2.27. The van der Waals surface area contributed by atoms with Crippen LogP contribution in [0.25, 0.3) is 15.7 Å². The fraction of sp³-hybridized carbons (Fsp3) is 0.261. The van der Waals surface area contributed by atoms with E-state index in [0.29, 0.717) is 12.4 Å². The van der Waals surface area contributed by atoms with Gasteiger partial charge in [0.25, 0.3) is 0 Å². The van der Waals surface area contributed by atoms with Crippen molar-refractivity contribution < 1.29 is 0 Å². The summed E-state index contributed by atoms with van der Waals surface area (Å²) < 4.78 is 1.24. The number of hydrogen-bond acceptors (Lipinski definition) is 2. The summed E-state index contributed by atoms with van der Waals surface area (Å²) in [7, 11) is 3.80. The van der Waals surface area contributed by atoms with Crippen molar-refractivity contribution in [2.75, 3.05) is 14.1 Å². The van der Waals surface area contributed by atoms with Crippen LogP contribution in [-0.2, 0) is 5.54 Å². The second-order valence-electron chi connectivity index (χ2n) is 6.84. The van der Waals surface area contributed by atoms with Gasteiger partial charge in [-0.15, -0.1) is 17.9 Å². The number of fused-ring (bicyclic) bond motifs is 1. The molecule has 0 aliphatic heterocycles. The topological polar surface area (TPSA) is 41.6 Å². The highest BCUT2D eigenvalue weighted by atomic mass is 32.1. The Morgan fingerprint density at radius 3 is 2.67 bits per heavy atom. The fourth-order valence-electron chi connectivity index (χ4n) is 2.92. The van der Waals surface area contributed by atoms with Crippen LogP contribution in [0.4, 0.5) is 0 Å². The molecule has 0 aliphatic carbocycles. The molecule has 0 saturated carbocycles. The molecule has 4 heteroatoms. The predicted molar refractivity (Wildman–Crippen MR) is 122 cm³/mol. The van der Waals surface area contributed by atoms with E-state index in [9.17, 15) is 0 Å². The monoisotopic (exact) mass is 379 g/mol. The molecular formula is C23H29N3S. The van der Waals surface area contributed by atoms with Crippen molar-refractivity contribution in [3.8, 4) is 0 Å². The van der Waals surface area contributed by atoms with Crippen LogP contribution in [0.2, 0.25) is 0 Å². The molecule has 0 spiro atoms. The Labute approximate surface area is 166 Å². The van der Waals surface area contributed by atoms with Crippen LogP contribution in [0, 0.1) is 0 Å². The zero-order valence-corrected chi connectivity index (χ0v) is 17.5. The van der Waals surface area contributed by atoms with Gasteiger partial charge < -0.3 is 10.6 Å². The lowest BCUT2D eigenvalue weighted by molar-refractivity contribution is 0.487. The number of benzene rings is 1. The summed E-state index contributed by atoms with van der Waals surface area (Å²) in [5.41, 5.74) is 9.08. The number of rotatable bonds is 7. The molecule has 2 rings (SSSR count). The second-order valence-corrected chi connectivity index (χ2v) is 7.75. The summed E-state index contributed by atoms with van der Waals surface area (Å²) >= 11 is 1.74. The van der Waals surface area contributed by atoms with Crippen molar-refractivity contribution in [2.24, 2.45) is 10.7 Å². The van der Waals surface area contributed by atoms with Gasteiger partial charge in [0.05, 0.1) is 5.54 Å². The van der Waals surface area contributed by atoms with Crippen LogP contribution >= 0.6 is 11.3 Å². The molecule has 2 N–H and O–H groups in total. The third kappa shape index (κ3) is 4.58. The lowest BCUT2D eigenvalue weighted by atomic mass is 9.88. The zero-order valence-electron chi connectivity index (χ0n) is 16.7. The molecule has 0 aliphatic rings. The lowest BCUT2D eigenvalue weighted by Crippen LogP contribution is -2.34. The van der Waals surface area contributed by atoms with E-state index in [-0.39, 0.29) is 0 Å². The van der Waals surface area contributed by atoms with Gasteiger partial charge in [0, 0.05) is 29.7 Å².